The molecule has 1 aliphatic heterocycles. The van der Waals surface area contributed by atoms with Gasteiger partial charge in [-0.1, -0.05) is 12.1 Å². The number of aliphatic hydroxyl groups excluding tert-OH is 1. The lowest BCUT2D eigenvalue weighted by molar-refractivity contribution is 0.0350. The van der Waals surface area contributed by atoms with Crippen LogP contribution in [0.15, 0.2) is 76.6 Å². The highest BCUT2D eigenvalue weighted by atomic mass is 19.1. The van der Waals surface area contributed by atoms with Gasteiger partial charge in [0.1, 0.15) is 28.7 Å². The molecule has 49 heavy (non-hydrogen) atoms. The Morgan fingerprint density at radius 2 is 1.84 bits per heavy atom. The summed E-state index contributed by atoms with van der Waals surface area (Å²) < 4.78 is 24.1. The van der Waals surface area contributed by atoms with Gasteiger partial charge in [0.15, 0.2) is 0 Å². The van der Waals surface area contributed by atoms with Gasteiger partial charge >= 0.3 is 0 Å². The molecule has 1 fully saturated rings. The number of hydrogen-bond donors (Lipinski definition) is 2. The minimum atomic E-state index is -0.947. The summed E-state index contributed by atoms with van der Waals surface area (Å²) in [5, 5.41) is 27.9. The molecule has 0 atom stereocenters. The first-order valence-corrected chi connectivity index (χ1v) is 16.0. The molecule has 0 saturated carbocycles. The molecule has 0 amide bonds. The van der Waals surface area contributed by atoms with Gasteiger partial charge in [-0.15, -0.1) is 0 Å². The van der Waals surface area contributed by atoms with Crippen LogP contribution in [0.5, 0.6) is 5.75 Å². The molecular formula is C37H38FN7O4. The van der Waals surface area contributed by atoms with Crippen molar-refractivity contribution in [3.63, 3.8) is 0 Å². The third-order valence-corrected chi connectivity index (χ3v) is 8.81. The number of pyridine rings is 2. The number of hydrogen-bond acceptors (Lipinski definition) is 9. The number of aryl methyl sites for hydroxylation is 1. The normalized spacial score (nSPS) is 13.6. The minimum absolute atomic E-state index is 0.135. The zero-order valence-electron chi connectivity index (χ0n) is 28.1. The second kappa shape index (κ2) is 12.9. The Hall–Kier alpha value is -5.38. The monoisotopic (exact) mass is 663 g/mol. The number of benzene rings is 2. The van der Waals surface area contributed by atoms with Crippen LogP contribution in [0.25, 0.3) is 27.7 Å². The van der Waals surface area contributed by atoms with E-state index >= 15 is 4.39 Å². The molecule has 4 heterocycles. The van der Waals surface area contributed by atoms with Gasteiger partial charge in [0.25, 0.3) is 11.1 Å². The Morgan fingerprint density at radius 3 is 2.49 bits per heavy atom. The predicted molar refractivity (Wildman–Crippen MR) is 186 cm³/mol. The molecule has 0 spiro atoms. The minimum Gasteiger partial charge on any atom is -0.485 e. The van der Waals surface area contributed by atoms with E-state index in [0.717, 1.165) is 19.6 Å². The van der Waals surface area contributed by atoms with Crippen LogP contribution in [0.2, 0.25) is 0 Å². The number of aliphatic hydroxyl groups is 1. The number of likely N-dealkylation sites (tertiary alicyclic amines) is 1. The second-order valence-electron chi connectivity index (χ2n) is 13.5. The van der Waals surface area contributed by atoms with E-state index in [4.69, 9.17) is 4.74 Å². The van der Waals surface area contributed by atoms with Crippen molar-refractivity contribution in [3.8, 4) is 28.8 Å². The fourth-order valence-electron chi connectivity index (χ4n) is 6.06. The van der Waals surface area contributed by atoms with E-state index in [-0.39, 0.29) is 11.1 Å². The van der Waals surface area contributed by atoms with Gasteiger partial charge in [-0.25, -0.2) is 14.1 Å². The average molecular weight is 664 g/mol. The maximum Gasteiger partial charge on any atom is 0.290 e. The summed E-state index contributed by atoms with van der Waals surface area (Å²) in [6.07, 6.45) is 4.32. The number of ether oxygens (including phenoxy) is 1. The van der Waals surface area contributed by atoms with Crippen LogP contribution in [-0.4, -0.2) is 54.6 Å². The first kappa shape index (κ1) is 33.5. The van der Waals surface area contributed by atoms with Crippen LogP contribution >= 0.6 is 0 Å². The quantitative estimate of drug-likeness (QED) is 0.207. The van der Waals surface area contributed by atoms with Crippen molar-refractivity contribution >= 4 is 22.3 Å². The third-order valence-electron chi connectivity index (χ3n) is 8.81. The number of nitrogens with zero attached hydrogens (tertiary/aromatic N) is 6. The fourth-order valence-corrected chi connectivity index (χ4v) is 6.06. The predicted octanol–water partition coefficient (Wildman–Crippen LogP) is 5.19. The number of nitrogens with one attached hydrogen (secondary N) is 1. The molecular weight excluding hydrogens is 625 g/mol. The highest BCUT2D eigenvalue weighted by Gasteiger charge is 2.27. The SMILES string of the molecule is Cn1nc(-c2cccc(-n3ccc4cc(C(C)(C)C#N)cc(F)c4c3=O)c2CO)cc(Nc2ccc(OC(C)(C)CN3CCC3)cn2)c1=O. The zero-order chi connectivity index (χ0) is 35.1. The Balaban J connectivity index is 1.33. The van der Waals surface area contributed by atoms with Crippen molar-refractivity contribution in [3.05, 3.63) is 105 Å². The molecule has 3 aromatic heterocycles. The van der Waals surface area contributed by atoms with Gasteiger partial charge in [-0.2, -0.15) is 10.4 Å². The Kier molecular flexibility index (Phi) is 8.83. The Labute approximate surface area is 282 Å². The van der Waals surface area contributed by atoms with Crippen LogP contribution in [0, 0.1) is 17.1 Å². The lowest BCUT2D eigenvalue weighted by Crippen LogP contribution is -2.48. The lowest BCUT2D eigenvalue weighted by atomic mass is 9.85. The molecule has 1 saturated heterocycles. The van der Waals surface area contributed by atoms with Gasteiger partial charge in [0.2, 0.25) is 0 Å². The first-order valence-electron chi connectivity index (χ1n) is 16.0. The van der Waals surface area contributed by atoms with Gasteiger partial charge in [-0.05, 0) is 101 Å². The van der Waals surface area contributed by atoms with Gasteiger partial charge in [0, 0.05) is 30.9 Å². The molecule has 1 aliphatic rings. The summed E-state index contributed by atoms with van der Waals surface area (Å²) >= 11 is 0. The van der Waals surface area contributed by atoms with Gasteiger partial charge < -0.3 is 15.2 Å². The number of rotatable bonds is 10. The summed E-state index contributed by atoms with van der Waals surface area (Å²) in [5.41, 5.74) is -0.205. The topological polar surface area (TPSA) is 138 Å². The molecule has 2 N–H and O–H groups in total. The molecule has 6 rings (SSSR count). The molecule has 0 aliphatic carbocycles. The Morgan fingerprint density at radius 1 is 1.06 bits per heavy atom. The molecule has 2 aromatic carbocycles. The largest absolute Gasteiger partial charge is 0.485 e. The number of nitriles is 1. The summed E-state index contributed by atoms with van der Waals surface area (Å²) in [4.78, 5) is 33.6. The van der Waals surface area contributed by atoms with E-state index in [1.54, 1.807) is 68.6 Å². The summed E-state index contributed by atoms with van der Waals surface area (Å²) in [5.74, 6) is 0.291. The number of anilines is 2. The maximum atomic E-state index is 15.4. The summed E-state index contributed by atoms with van der Waals surface area (Å²) in [6.45, 7) is 9.94. The van der Waals surface area contributed by atoms with E-state index in [1.165, 1.54) is 35.0 Å². The highest BCUT2D eigenvalue weighted by Crippen LogP contribution is 2.31. The van der Waals surface area contributed by atoms with Crippen LogP contribution in [0.4, 0.5) is 15.9 Å². The summed E-state index contributed by atoms with van der Waals surface area (Å²) in [6, 6.07) is 16.8. The second-order valence-corrected chi connectivity index (χ2v) is 13.5. The molecule has 11 nitrogen and oxygen atoms in total. The first-order chi connectivity index (χ1) is 23.3. The van der Waals surface area contributed by atoms with Crippen LogP contribution in [0.3, 0.4) is 0 Å². The van der Waals surface area contributed by atoms with Crippen molar-refractivity contribution in [2.45, 2.75) is 51.7 Å². The van der Waals surface area contributed by atoms with Crippen LogP contribution in [-0.2, 0) is 19.1 Å². The maximum absolute atomic E-state index is 15.4. The third kappa shape index (κ3) is 6.68. The van der Waals surface area contributed by atoms with Crippen LogP contribution in [0.1, 0.15) is 45.2 Å². The zero-order valence-corrected chi connectivity index (χ0v) is 28.1. The van der Waals surface area contributed by atoms with E-state index in [0.29, 0.717) is 45.0 Å². The van der Waals surface area contributed by atoms with E-state index in [1.807, 2.05) is 13.8 Å². The van der Waals surface area contributed by atoms with Gasteiger partial charge in [0.05, 0.1) is 41.1 Å². The molecule has 0 radical (unpaired) electrons. The van der Waals surface area contributed by atoms with Crippen molar-refractivity contribution in [1.82, 2.24) is 24.2 Å². The smallest absolute Gasteiger partial charge is 0.290 e. The van der Waals surface area contributed by atoms with Crippen molar-refractivity contribution in [2.75, 3.05) is 25.0 Å². The van der Waals surface area contributed by atoms with Crippen molar-refractivity contribution in [2.24, 2.45) is 7.05 Å². The molecule has 0 bridgehead atoms. The molecule has 12 heteroatoms. The van der Waals surface area contributed by atoms with Gasteiger partial charge in [-0.3, -0.25) is 19.1 Å². The Bertz CT molecular complexity index is 2210. The number of aromatic nitrogens is 4. The van der Waals surface area contributed by atoms with Crippen LogP contribution < -0.4 is 21.2 Å². The lowest BCUT2D eigenvalue weighted by Gasteiger charge is -2.38. The highest BCUT2D eigenvalue weighted by molar-refractivity contribution is 5.84. The molecule has 5 aromatic rings. The fraction of sp³-hybridized carbons (Fsp3) is 0.324. The number of fused-ring (bicyclic) bond motifs is 1. The standard InChI is InChI=1S/C37H38FN7O4/c1-36(2,21-39)24-16-23-12-15-45(35(48)33(23)28(38)17-24)31-9-6-8-26(27(31)20-46)29-18-30(34(47)43(5)42-29)41-32-11-10-25(19-40-32)49-37(3,4)22-44-13-7-14-44/h6,8-12,15-19,46H,7,13-14,20,22H2,1-5H3,(H,40,41). The summed E-state index contributed by atoms with van der Waals surface area (Å²) in [7, 11) is 1.52. The van der Waals surface area contributed by atoms with Crippen molar-refractivity contribution in [1.29, 1.82) is 5.26 Å². The van der Waals surface area contributed by atoms with E-state index < -0.39 is 34.6 Å². The number of halogens is 1. The van der Waals surface area contributed by atoms with E-state index in [2.05, 4.69) is 26.4 Å². The van der Waals surface area contributed by atoms with E-state index in [9.17, 15) is 20.0 Å². The average Bonchev–Trinajstić information content (AvgIpc) is 3.05. The molecule has 252 valence electrons. The molecule has 0 unspecified atom stereocenters. The van der Waals surface area contributed by atoms with Crippen molar-refractivity contribution < 1.29 is 14.2 Å².